The van der Waals surface area contributed by atoms with E-state index in [0.29, 0.717) is 6.42 Å². The number of H-pyrrole nitrogens is 1. The summed E-state index contributed by atoms with van der Waals surface area (Å²) in [4.78, 5) is 18.8. The lowest BCUT2D eigenvalue weighted by atomic mass is 10.0. The van der Waals surface area contributed by atoms with Crippen molar-refractivity contribution in [2.45, 2.75) is 34.1 Å². The second-order valence-corrected chi connectivity index (χ2v) is 4.85. The van der Waals surface area contributed by atoms with E-state index < -0.39 is 0 Å². The zero-order valence-electron chi connectivity index (χ0n) is 11.3. The number of aryl methyl sites for hydroxylation is 3. The van der Waals surface area contributed by atoms with Crippen LogP contribution in [0.25, 0.3) is 11.3 Å². The molecule has 0 aliphatic carbocycles. The van der Waals surface area contributed by atoms with Crippen LogP contribution >= 0.6 is 0 Å². The van der Waals surface area contributed by atoms with Gasteiger partial charge in [0.05, 0.1) is 12.1 Å². The molecule has 18 heavy (non-hydrogen) atoms. The number of rotatable bonds is 3. The molecular weight excluding hydrogens is 224 g/mol. The summed E-state index contributed by atoms with van der Waals surface area (Å²) in [5.41, 5.74) is 5.54. The molecule has 0 fully saturated rings. The third kappa shape index (κ3) is 2.50. The van der Waals surface area contributed by atoms with Gasteiger partial charge in [-0.05, 0) is 33.3 Å². The van der Waals surface area contributed by atoms with Crippen LogP contribution in [0.5, 0.6) is 0 Å². The number of ketones is 1. The smallest absolute Gasteiger partial charge is 0.137 e. The molecule has 0 radical (unpaired) electrons. The van der Waals surface area contributed by atoms with Gasteiger partial charge < -0.3 is 4.98 Å². The molecule has 2 aromatic rings. The average Bonchev–Trinajstić information content (AvgIpc) is 2.58. The summed E-state index contributed by atoms with van der Waals surface area (Å²) in [5.74, 6) is 0.867. The Morgan fingerprint density at radius 3 is 2.61 bits per heavy atom. The van der Waals surface area contributed by atoms with Gasteiger partial charge in [-0.2, -0.15) is 0 Å². The molecule has 0 saturated heterocycles. The summed E-state index contributed by atoms with van der Waals surface area (Å²) in [5, 5.41) is 0. The number of hydrogen-bond acceptors (Lipinski definition) is 2. The first kappa shape index (κ1) is 12.6. The number of nitrogens with zero attached hydrogens (tertiary/aromatic N) is 1. The maximum absolute atomic E-state index is 11.1. The first-order chi connectivity index (χ1) is 8.47. The molecular formula is C15H18N2O. The van der Waals surface area contributed by atoms with Crippen molar-refractivity contribution >= 4 is 5.78 Å². The van der Waals surface area contributed by atoms with E-state index in [9.17, 15) is 4.79 Å². The molecule has 0 unspecified atom stereocenters. The third-order valence-corrected chi connectivity index (χ3v) is 2.99. The summed E-state index contributed by atoms with van der Waals surface area (Å²) in [6, 6.07) is 6.32. The number of imidazole rings is 1. The fourth-order valence-electron chi connectivity index (χ4n) is 2.18. The lowest BCUT2D eigenvalue weighted by Crippen LogP contribution is -1.98. The van der Waals surface area contributed by atoms with E-state index in [0.717, 1.165) is 22.8 Å². The maximum atomic E-state index is 11.1. The molecule has 2 rings (SSSR count). The van der Waals surface area contributed by atoms with Crippen LogP contribution in [0.3, 0.4) is 0 Å². The molecule has 1 heterocycles. The van der Waals surface area contributed by atoms with Gasteiger partial charge in [0, 0.05) is 11.3 Å². The zero-order chi connectivity index (χ0) is 13.3. The second-order valence-electron chi connectivity index (χ2n) is 4.85. The van der Waals surface area contributed by atoms with Crippen molar-refractivity contribution in [2.24, 2.45) is 0 Å². The summed E-state index contributed by atoms with van der Waals surface area (Å²) in [7, 11) is 0. The summed E-state index contributed by atoms with van der Waals surface area (Å²) >= 11 is 0. The van der Waals surface area contributed by atoms with E-state index in [-0.39, 0.29) is 5.78 Å². The number of aromatic nitrogens is 2. The normalized spacial score (nSPS) is 10.7. The van der Waals surface area contributed by atoms with Crippen LogP contribution in [0, 0.1) is 20.8 Å². The molecule has 3 nitrogen and oxygen atoms in total. The predicted octanol–water partition coefficient (Wildman–Crippen LogP) is 3.13. The largest absolute Gasteiger partial charge is 0.345 e. The molecule has 0 aliphatic rings. The number of Topliss-reactive ketones (excluding diaryl/α,β-unsaturated/α-hetero) is 1. The molecule has 0 saturated carbocycles. The monoisotopic (exact) mass is 242 g/mol. The van der Waals surface area contributed by atoms with E-state index in [1.165, 1.54) is 11.1 Å². The topological polar surface area (TPSA) is 45.8 Å². The van der Waals surface area contributed by atoms with Crippen LogP contribution in [0.1, 0.15) is 29.6 Å². The van der Waals surface area contributed by atoms with Crippen LogP contribution in [-0.2, 0) is 11.2 Å². The van der Waals surface area contributed by atoms with Crippen molar-refractivity contribution in [2.75, 3.05) is 0 Å². The van der Waals surface area contributed by atoms with Crippen molar-refractivity contribution in [3.8, 4) is 11.3 Å². The fourth-order valence-corrected chi connectivity index (χ4v) is 2.18. The lowest BCUT2D eigenvalue weighted by Gasteiger charge is -2.04. The van der Waals surface area contributed by atoms with Crippen LogP contribution < -0.4 is 0 Å². The van der Waals surface area contributed by atoms with Crippen molar-refractivity contribution < 1.29 is 4.79 Å². The minimum absolute atomic E-state index is 0.121. The summed E-state index contributed by atoms with van der Waals surface area (Å²) in [6.45, 7) is 7.73. The number of carbonyl (C=O) groups is 1. The highest BCUT2D eigenvalue weighted by molar-refractivity contribution is 5.77. The van der Waals surface area contributed by atoms with Gasteiger partial charge in [0.15, 0.2) is 0 Å². The molecule has 0 atom stereocenters. The standard InChI is InChI=1S/C15H18N2O/c1-9-5-6-13(10(2)7-9)15-12(4)16-14(17-15)8-11(3)18/h5-7H,8H2,1-4H3,(H,16,17). The van der Waals surface area contributed by atoms with Crippen LogP contribution in [0.2, 0.25) is 0 Å². The average molecular weight is 242 g/mol. The van der Waals surface area contributed by atoms with E-state index >= 15 is 0 Å². The van der Waals surface area contributed by atoms with Gasteiger partial charge >= 0.3 is 0 Å². The molecule has 0 bridgehead atoms. The number of carbonyl (C=O) groups excluding carboxylic acids is 1. The quantitative estimate of drug-likeness (QED) is 0.898. The van der Waals surface area contributed by atoms with Gasteiger partial charge in [-0.25, -0.2) is 4.98 Å². The highest BCUT2D eigenvalue weighted by Gasteiger charge is 2.12. The highest BCUT2D eigenvalue weighted by atomic mass is 16.1. The van der Waals surface area contributed by atoms with Crippen LogP contribution in [0.4, 0.5) is 0 Å². The van der Waals surface area contributed by atoms with Crippen LogP contribution in [-0.4, -0.2) is 15.8 Å². The maximum Gasteiger partial charge on any atom is 0.137 e. The minimum atomic E-state index is 0.121. The van der Waals surface area contributed by atoms with Gasteiger partial charge in [0.25, 0.3) is 0 Å². The molecule has 94 valence electrons. The molecule has 0 amide bonds. The lowest BCUT2D eigenvalue weighted by molar-refractivity contribution is -0.116. The Kier molecular flexibility index (Phi) is 3.32. The summed E-state index contributed by atoms with van der Waals surface area (Å²) in [6.07, 6.45) is 0.367. The van der Waals surface area contributed by atoms with Gasteiger partial charge in [0.1, 0.15) is 11.6 Å². The Balaban J connectivity index is 2.44. The molecule has 1 N–H and O–H groups in total. The number of nitrogens with one attached hydrogen (secondary N) is 1. The van der Waals surface area contributed by atoms with Gasteiger partial charge in [-0.15, -0.1) is 0 Å². The predicted molar refractivity (Wildman–Crippen MR) is 72.6 cm³/mol. The van der Waals surface area contributed by atoms with E-state index in [4.69, 9.17) is 0 Å². The Hall–Kier alpha value is -1.90. The Morgan fingerprint density at radius 2 is 2.00 bits per heavy atom. The van der Waals surface area contributed by atoms with E-state index in [1.807, 2.05) is 6.92 Å². The van der Waals surface area contributed by atoms with Crippen molar-refractivity contribution in [3.63, 3.8) is 0 Å². The third-order valence-electron chi connectivity index (χ3n) is 2.99. The summed E-state index contributed by atoms with van der Waals surface area (Å²) < 4.78 is 0. The SMILES string of the molecule is CC(=O)Cc1nc(-c2ccc(C)cc2C)c(C)[nH]1. The van der Waals surface area contributed by atoms with Gasteiger partial charge in [0.2, 0.25) is 0 Å². The molecule has 0 spiro atoms. The fraction of sp³-hybridized carbons (Fsp3) is 0.333. The minimum Gasteiger partial charge on any atom is -0.345 e. The van der Waals surface area contributed by atoms with Crippen LogP contribution in [0.15, 0.2) is 18.2 Å². The first-order valence-corrected chi connectivity index (χ1v) is 6.10. The Bertz CT molecular complexity index is 597. The molecule has 0 aliphatic heterocycles. The number of hydrogen-bond donors (Lipinski definition) is 1. The van der Waals surface area contributed by atoms with Gasteiger partial charge in [-0.1, -0.05) is 23.8 Å². The molecule has 3 heteroatoms. The van der Waals surface area contributed by atoms with Crippen molar-refractivity contribution in [1.82, 2.24) is 9.97 Å². The van der Waals surface area contributed by atoms with E-state index in [1.54, 1.807) is 6.92 Å². The molecule has 1 aromatic carbocycles. The Labute approximate surface area is 107 Å². The highest BCUT2D eigenvalue weighted by Crippen LogP contribution is 2.25. The molecule has 1 aromatic heterocycles. The van der Waals surface area contributed by atoms with E-state index in [2.05, 4.69) is 42.0 Å². The van der Waals surface area contributed by atoms with Crippen molar-refractivity contribution in [1.29, 1.82) is 0 Å². The second kappa shape index (κ2) is 4.77. The zero-order valence-corrected chi connectivity index (χ0v) is 11.3. The van der Waals surface area contributed by atoms with Gasteiger partial charge in [-0.3, -0.25) is 4.79 Å². The first-order valence-electron chi connectivity index (χ1n) is 6.10. The van der Waals surface area contributed by atoms with Crippen molar-refractivity contribution in [3.05, 3.63) is 40.8 Å². The number of aromatic amines is 1. The number of benzene rings is 1. The Morgan fingerprint density at radius 1 is 1.28 bits per heavy atom.